The number of aryl methyl sites for hydroxylation is 2. The van der Waals surface area contributed by atoms with Gasteiger partial charge in [0.15, 0.2) is 0 Å². The van der Waals surface area contributed by atoms with E-state index in [1.54, 1.807) is 19.2 Å². The molecule has 1 heterocycles. The molecule has 0 saturated carbocycles. The van der Waals surface area contributed by atoms with Gasteiger partial charge in [0.2, 0.25) is 0 Å². The summed E-state index contributed by atoms with van der Waals surface area (Å²) in [5.41, 5.74) is 2.20. The van der Waals surface area contributed by atoms with E-state index < -0.39 is 0 Å². The van der Waals surface area contributed by atoms with Crippen LogP contribution in [0.2, 0.25) is 0 Å². The van der Waals surface area contributed by atoms with Crippen molar-refractivity contribution in [2.24, 2.45) is 0 Å². The molecule has 1 amide bonds. The largest absolute Gasteiger partial charge is 0.320 e. The second kappa shape index (κ2) is 5.27. The van der Waals surface area contributed by atoms with Crippen molar-refractivity contribution < 1.29 is 4.79 Å². The zero-order chi connectivity index (χ0) is 13.1. The molecule has 0 unspecified atom stereocenters. The number of halogens is 1. The molecule has 1 aromatic carbocycles. The lowest BCUT2D eigenvalue weighted by atomic mass is 10.2. The first kappa shape index (κ1) is 12.7. The average molecular weight is 306 g/mol. The summed E-state index contributed by atoms with van der Waals surface area (Å²) in [7, 11) is 0. The molecule has 2 rings (SSSR count). The maximum Gasteiger partial charge on any atom is 0.274 e. The van der Waals surface area contributed by atoms with Gasteiger partial charge in [0, 0.05) is 10.7 Å². The molecule has 0 spiro atoms. The number of carbonyl (C=O) groups excluding carboxylic acids is 1. The minimum absolute atomic E-state index is 0.245. The number of hydrogen-bond donors (Lipinski definition) is 1. The topological polar surface area (TPSA) is 54.9 Å². The average Bonchev–Trinajstić information content (AvgIpc) is 2.32. The molecule has 0 fully saturated rings. The van der Waals surface area contributed by atoms with Crippen LogP contribution in [0.25, 0.3) is 0 Å². The lowest BCUT2D eigenvalue weighted by molar-refractivity contribution is 0.102. The van der Waals surface area contributed by atoms with E-state index in [-0.39, 0.29) is 5.91 Å². The molecular formula is C13H12BrN3O. The predicted octanol–water partition coefficient (Wildman–Crippen LogP) is 3.11. The highest BCUT2D eigenvalue weighted by Gasteiger charge is 2.09. The molecule has 0 atom stereocenters. The maximum atomic E-state index is 12.0. The van der Waals surface area contributed by atoms with Crippen LogP contribution < -0.4 is 5.32 Å². The van der Waals surface area contributed by atoms with Crippen LogP contribution in [0.1, 0.15) is 21.9 Å². The number of amides is 1. The van der Waals surface area contributed by atoms with Crippen LogP contribution in [0.4, 0.5) is 5.69 Å². The number of carbonyl (C=O) groups is 1. The van der Waals surface area contributed by atoms with Crippen molar-refractivity contribution in [1.82, 2.24) is 9.97 Å². The molecule has 0 radical (unpaired) electrons. The number of anilines is 1. The summed E-state index contributed by atoms with van der Waals surface area (Å²) in [6.45, 7) is 3.74. The van der Waals surface area contributed by atoms with Crippen LogP contribution in [0, 0.1) is 13.8 Å². The molecule has 5 heteroatoms. The fourth-order valence-electron chi connectivity index (χ4n) is 1.49. The Balaban J connectivity index is 2.21. The second-order valence-corrected chi connectivity index (χ2v) is 4.78. The van der Waals surface area contributed by atoms with Crippen molar-refractivity contribution in [1.29, 1.82) is 0 Å². The fourth-order valence-corrected chi connectivity index (χ4v) is 2.08. The Kier molecular flexibility index (Phi) is 3.72. The minimum Gasteiger partial charge on any atom is -0.320 e. The third-order valence-corrected chi connectivity index (χ3v) is 3.04. The third-order valence-electron chi connectivity index (χ3n) is 2.38. The van der Waals surface area contributed by atoms with Gasteiger partial charge in [-0.3, -0.25) is 4.79 Å². The van der Waals surface area contributed by atoms with Crippen molar-refractivity contribution >= 4 is 27.5 Å². The first-order valence-electron chi connectivity index (χ1n) is 5.43. The van der Waals surface area contributed by atoms with E-state index in [1.807, 2.05) is 25.1 Å². The number of nitrogens with one attached hydrogen (secondary N) is 1. The lowest BCUT2D eigenvalue weighted by Crippen LogP contribution is -2.14. The van der Waals surface area contributed by atoms with Crippen molar-refractivity contribution in [2.45, 2.75) is 13.8 Å². The molecule has 2 aromatic rings. The van der Waals surface area contributed by atoms with Crippen LogP contribution in [0.15, 0.2) is 34.9 Å². The number of benzene rings is 1. The van der Waals surface area contributed by atoms with Gasteiger partial charge in [0.05, 0.1) is 5.69 Å². The van der Waals surface area contributed by atoms with Crippen LogP contribution in [0.5, 0.6) is 0 Å². The molecule has 1 aromatic heterocycles. The van der Waals surface area contributed by atoms with E-state index >= 15 is 0 Å². The Morgan fingerprint density at radius 3 is 2.72 bits per heavy atom. The summed E-state index contributed by atoms with van der Waals surface area (Å²) in [6.07, 6.45) is 1.57. The molecule has 0 aliphatic heterocycles. The SMILES string of the molecule is Cc1ccc(NC(=O)c2ccnc(C)n2)c(Br)c1. The lowest BCUT2D eigenvalue weighted by Gasteiger charge is -2.07. The van der Waals surface area contributed by atoms with Crippen molar-refractivity contribution in [3.05, 3.63) is 52.0 Å². The number of nitrogens with zero attached hydrogens (tertiary/aromatic N) is 2. The molecule has 1 N–H and O–H groups in total. The van der Waals surface area contributed by atoms with Gasteiger partial charge in [0.25, 0.3) is 5.91 Å². The molecule has 0 bridgehead atoms. The zero-order valence-corrected chi connectivity index (χ0v) is 11.7. The summed E-state index contributed by atoms with van der Waals surface area (Å²) in [4.78, 5) is 20.0. The number of rotatable bonds is 2. The monoisotopic (exact) mass is 305 g/mol. The molecule has 4 nitrogen and oxygen atoms in total. The highest BCUT2D eigenvalue weighted by Crippen LogP contribution is 2.23. The summed E-state index contributed by atoms with van der Waals surface area (Å²) < 4.78 is 0.849. The number of aromatic nitrogens is 2. The predicted molar refractivity (Wildman–Crippen MR) is 73.6 cm³/mol. The second-order valence-electron chi connectivity index (χ2n) is 3.93. The Hall–Kier alpha value is -1.75. The third kappa shape index (κ3) is 2.92. The van der Waals surface area contributed by atoms with Crippen LogP contribution in [-0.4, -0.2) is 15.9 Å². The van der Waals surface area contributed by atoms with Crippen LogP contribution in [0.3, 0.4) is 0 Å². The standard InChI is InChI=1S/C13H12BrN3O/c1-8-3-4-11(10(14)7-8)17-13(18)12-5-6-15-9(2)16-12/h3-7H,1-2H3,(H,17,18). The molecular weight excluding hydrogens is 294 g/mol. The molecule has 18 heavy (non-hydrogen) atoms. The first-order chi connectivity index (χ1) is 8.56. The van der Waals surface area contributed by atoms with E-state index in [9.17, 15) is 4.79 Å². The number of hydrogen-bond acceptors (Lipinski definition) is 3. The van der Waals surface area contributed by atoms with Gasteiger partial charge in [-0.15, -0.1) is 0 Å². The Morgan fingerprint density at radius 1 is 1.28 bits per heavy atom. The van der Waals surface area contributed by atoms with E-state index in [1.165, 1.54) is 0 Å². The summed E-state index contributed by atoms with van der Waals surface area (Å²) in [5, 5.41) is 2.80. The van der Waals surface area contributed by atoms with Crippen molar-refractivity contribution in [3.8, 4) is 0 Å². The summed E-state index contributed by atoms with van der Waals surface area (Å²) >= 11 is 3.42. The zero-order valence-electron chi connectivity index (χ0n) is 10.1. The van der Waals surface area contributed by atoms with Gasteiger partial charge in [-0.25, -0.2) is 9.97 Å². The maximum absolute atomic E-state index is 12.0. The Morgan fingerprint density at radius 2 is 2.06 bits per heavy atom. The van der Waals surface area contributed by atoms with E-state index in [0.29, 0.717) is 11.5 Å². The minimum atomic E-state index is -0.245. The van der Waals surface area contributed by atoms with E-state index in [0.717, 1.165) is 15.7 Å². The highest BCUT2D eigenvalue weighted by molar-refractivity contribution is 9.10. The van der Waals surface area contributed by atoms with E-state index in [4.69, 9.17) is 0 Å². The molecule has 92 valence electrons. The van der Waals surface area contributed by atoms with Gasteiger partial charge in [-0.05, 0) is 53.5 Å². The molecule has 0 aliphatic rings. The van der Waals surface area contributed by atoms with Crippen LogP contribution >= 0.6 is 15.9 Å². The van der Waals surface area contributed by atoms with Gasteiger partial charge in [-0.2, -0.15) is 0 Å². The van der Waals surface area contributed by atoms with Gasteiger partial charge in [0.1, 0.15) is 11.5 Å². The van der Waals surface area contributed by atoms with E-state index in [2.05, 4.69) is 31.2 Å². The van der Waals surface area contributed by atoms with Gasteiger partial charge in [-0.1, -0.05) is 6.07 Å². The Labute approximate surface area is 114 Å². The normalized spacial score (nSPS) is 10.2. The highest BCUT2D eigenvalue weighted by atomic mass is 79.9. The summed E-state index contributed by atoms with van der Waals surface area (Å²) in [5.74, 6) is 0.329. The smallest absolute Gasteiger partial charge is 0.274 e. The Bertz CT molecular complexity index is 599. The molecule has 0 saturated heterocycles. The fraction of sp³-hybridized carbons (Fsp3) is 0.154. The van der Waals surface area contributed by atoms with Gasteiger partial charge >= 0.3 is 0 Å². The van der Waals surface area contributed by atoms with Gasteiger partial charge < -0.3 is 5.32 Å². The van der Waals surface area contributed by atoms with Crippen LogP contribution in [-0.2, 0) is 0 Å². The summed E-state index contributed by atoms with van der Waals surface area (Å²) in [6, 6.07) is 7.32. The van der Waals surface area contributed by atoms with Crippen molar-refractivity contribution in [3.63, 3.8) is 0 Å². The van der Waals surface area contributed by atoms with Crippen molar-refractivity contribution in [2.75, 3.05) is 5.32 Å². The molecule has 0 aliphatic carbocycles. The first-order valence-corrected chi connectivity index (χ1v) is 6.23. The quantitative estimate of drug-likeness (QED) is 0.927.